The second-order valence-corrected chi connectivity index (χ2v) is 7.78. The Morgan fingerprint density at radius 2 is 1.87 bits per heavy atom. The van der Waals surface area contributed by atoms with Crippen LogP contribution in [0.25, 0.3) is 0 Å². The second kappa shape index (κ2) is 15.0. The van der Waals surface area contributed by atoms with Gasteiger partial charge in [-0.05, 0) is 31.8 Å². The molecule has 3 N–H and O–H groups in total. The molecule has 0 aliphatic heterocycles. The van der Waals surface area contributed by atoms with Crippen LogP contribution in [-0.4, -0.2) is 58.3 Å². The van der Waals surface area contributed by atoms with Gasteiger partial charge in [0.25, 0.3) is 0 Å². The van der Waals surface area contributed by atoms with Crippen LogP contribution in [0, 0.1) is 11.8 Å². The van der Waals surface area contributed by atoms with Crippen molar-refractivity contribution in [2.75, 3.05) is 13.2 Å². The Kier molecular flexibility index (Phi) is 13.1. The minimum absolute atomic E-state index is 0.00265. The van der Waals surface area contributed by atoms with Crippen LogP contribution in [-0.2, 0) is 19.1 Å². The van der Waals surface area contributed by atoms with Crippen molar-refractivity contribution < 1.29 is 34.4 Å². The highest BCUT2D eigenvalue weighted by molar-refractivity contribution is 5.90. The van der Waals surface area contributed by atoms with Gasteiger partial charge < -0.3 is 20.1 Å². The Morgan fingerprint density at radius 1 is 1.13 bits per heavy atom. The highest BCUT2D eigenvalue weighted by Crippen LogP contribution is 2.33. The number of unbranched alkanes of at least 4 members (excludes halogenated alkanes) is 3. The van der Waals surface area contributed by atoms with Gasteiger partial charge in [0.15, 0.2) is 5.78 Å². The van der Waals surface area contributed by atoms with E-state index in [-0.39, 0.29) is 36.2 Å². The molecule has 1 fully saturated rings. The fourth-order valence-corrected chi connectivity index (χ4v) is 3.48. The fourth-order valence-electron chi connectivity index (χ4n) is 3.48. The smallest absolute Gasteiger partial charge is 0.306 e. The summed E-state index contributed by atoms with van der Waals surface area (Å²) in [5.74, 6) is -1.13. The Hall–Kier alpha value is -1.83. The molecule has 1 aliphatic rings. The van der Waals surface area contributed by atoms with Crippen molar-refractivity contribution in [3.8, 4) is 0 Å². The number of esters is 1. The first-order valence-corrected chi connectivity index (χ1v) is 10.9. The quantitative estimate of drug-likeness (QED) is 0.160. The second-order valence-electron chi connectivity index (χ2n) is 7.78. The van der Waals surface area contributed by atoms with Crippen molar-refractivity contribution in [1.82, 2.24) is 0 Å². The van der Waals surface area contributed by atoms with Gasteiger partial charge in [0.2, 0.25) is 0 Å². The number of rotatable bonds is 15. The van der Waals surface area contributed by atoms with Crippen molar-refractivity contribution in [3.05, 3.63) is 24.3 Å². The molecule has 170 valence electrons. The van der Waals surface area contributed by atoms with E-state index in [1.54, 1.807) is 6.08 Å². The summed E-state index contributed by atoms with van der Waals surface area (Å²) in [5, 5.41) is 27.9. The summed E-state index contributed by atoms with van der Waals surface area (Å²) in [6.07, 6.45) is 10.7. The number of Topliss-reactive ketones (excluding diaryl/α,β-unsaturated/α-hetero) is 1. The van der Waals surface area contributed by atoms with E-state index in [0.29, 0.717) is 25.7 Å². The molecule has 0 bridgehead atoms. The topological polar surface area (TPSA) is 121 Å². The molecule has 0 aromatic carbocycles. The number of carbonyl (C=O) groups excluding carboxylic acids is 3. The van der Waals surface area contributed by atoms with Crippen molar-refractivity contribution in [1.29, 1.82) is 0 Å². The Balaban J connectivity index is 2.41. The van der Waals surface area contributed by atoms with E-state index in [0.717, 1.165) is 19.3 Å². The summed E-state index contributed by atoms with van der Waals surface area (Å²) in [6, 6.07) is 0. The van der Waals surface area contributed by atoms with E-state index in [4.69, 9.17) is 14.9 Å². The van der Waals surface area contributed by atoms with Gasteiger partial charge in [0, 0.05) is 31.1 Å². The summed E-state index contributed by atoms with van der Waals surface area (Å²) in [7, 11) is 0. The number of carbonyl (C=O) groups is 3. The van der Waals surface area contributed by atoms with E-state index in [1.807, 2.05) is 12.2 Å². The zero-order valence-corrected chi connectivity index (χ0v) is 17.9. The predicted octanol–water partition coefficient (Wildman–Crippen LogP) is 2.27. The number of hydrogen-bond donors (Lipinski definition) is 3. The van der Waals surface area contributed by atoms with Gasteiger partial charge >= 0.3 is 5.97 Å². The lowest BCUT2D eigenvalue weighted by Crippen LogP contribution is -2.25. The summed E-state index contributed by atoms with van der Waals surface area (Å²) >= 11 is 0. The summed E-state index contributed by atoms with van der Waals surface area (Å²) in [6.45, 7) is 1.25. The lowest BCUT2D eigenvalue weighted by molar-refractivity contribution is -0.153. The zero-order valence-electron chi connectivity index (χ0n) is 17.9. The molecule has 3 atom stereocenters. The number of ether oxygens (including phenoxy) is 1. The van der Waals surface area contributed by atoms with E-state index in [2.05, 4.69) is 6.92 Å². The average molecular weight is 425 g/mol. The Morgan fingerprint density at radius 3 is 2.53 bits per heavy atom. The number of aliphatic hydroxyl groups is 3. The molecule has 1 aliphatic carbocycles. The van der Waals surface area contributed by atoms with Crippen LogP contribution < -0.4 is 0 Å². The van der Waals surface area contributed by atoms with Gasteiger partial charge in [-0.15, -0.1) is 0 Å². The predicted molar refractivity (Wildman–Crippen MR) is 113 cm³/mol. The third kappa shape index (κ3) is 9.78. The lowest BCUT2D eigenvalue weighted by atomic mass is 9.90. The highest BCUT2D eigenvalue weighted by atomic mass is 16.6. The van der Waals surface area contributed by atoms with Crippen LogP contribution >= 0.6 is 0 Å². The number of aliphatic hydroxyl groups excluding tert-OH is 3. The standard InChI is InChI=1S/C23H36O7/c1-2-3-6-9-17(26)12-13-20-19(21(27)14-22(20)28)10-7-4-5-8-11-23(29)30-18(15-24)16-25/h4,7,12-13,18-20,22,24-25,28H,2-3,5-6,8-11,14-16H2,1H3/b7-4-,13-12+/t19-,20?,22-/m1/s1. The maximum Gasteiger partial charge on any atom is 0.306 e. The molecule has 7 nitrogen and oxygen atoms in total. The largest absolute Gasteiger partial charge is 0.457 e. The van der Waals surface area contributed by atoms with E-state index < -0.39 is 31.4 Å². The molecule has 0 amide bonds. The van der Waals surface area contributed by atoms with Crippen LogP contribution in [0.5, 0.6) is 0 Å². The molecule has 1 unspecified atom stereocenters. The first-order chi connectivity index (χ1) is 14.4. The van der Waals surface area contributed by atoms with Crippen LogP contribution in [0.15, 0.2) is 24.3 Å². The molecule has 0 aromatic rings. The Labute approximate surface area is 178 Å². The van der Waals surface area contributed by atoms with E-state index in [1.165, 1.54) is 6.08 Å². The SMILES string of the molecule is CCCCCC(=O)/C=C/C1[C@H](O)CC(=O)[C@@H]1C/C=C\CCCC(=O)OC(CO)CO. The monoisotopic (exact) mass is 424 g/mol. The van der Waals surface area contributed by atoms with Crippen LogP contribution in [0.3, 0.4) is 0 Å². The maximum atomic E-state index is 12.2. The van der Waals surface area contributed by atoms with Gasteiger partial charge in [0.1, 0.15) is 11.9 Å². The first-order valence-electron chi connectivity index (χ1n) is 10.9. The zero-order chi connectivity index (χ0) is 22.4. The highest BCUT2D eigenvalue weighted by Gasteiger charge is 2.39. The molecule has 0 saturated heterocycles. The van der Waals surface area contributed by atoms with Gasteiger partial charge in [-0.3, -0.25) is 14.4 Å². The van der Waals surface area contributed by atoms with Crippen LogP contribution in [0.4, 0.5) is 0 Å². The van der Waals surface area contributed by atoms with Gasteiger partial charge in [-0.1, -0.05) is 38.0 Å². The molecular weight excluding hydrogens is 388 g/mol. The molecule has 0 heterocycles. The molecule has 7 heteroatoms. The number of hydrogen-bond acceptors (Lipinski definition) is 7. The molecular formula is C23H36O7. The summed E-state index contributed by atoms with van der Waals surface area (Å²) in [4.78, 5) is 35.7. The minimum Gasteiger partial charge on any atom is -0.457 e. The Bertz CT molecular complexity index is 592. The number of ketones is 2. The van der Waals surface area contributed by atoms with E-state index >= 15 is 0 Å². The summed E-state index contributed by atoms with van der Waals surface area (Å²) < 4.78 is 4.88. The average Bonchev–Trinajstić information content (AvgIpc) is 2.99. The van der Waals surface area contributed by atoms with Crippen LogP contribution in [0.2, 0.25) is 0 Å². The van der Waals surface area contributed by atoms with Crippen LogP contribution in [0.1, 0.15) is 64.7 Å². The van der Waals surface area contributed by atoms with Gasteiger partial charge in [-0.2, -0.15) is 0 Å². The van der Waals surface area contributed by atoms with Crippen molar-refractivity contribution >= 4 is 17.5 Å². The maximum absolute atomic E-state index is 12.2. The van der Waals surface area contributed by atoms with Gasteiger partial charge in [0.05, 0.1) is 19.3 Å². The molecule has 1 saturated carbocycles. The molecule has 0 radical (unpaired) electrons. The summed E-state index contributed by atoms with van der Waals surface area (Å²) in [5.41, 5.74) is 0. The molecule has 0 spiro atoms. The van der Waals surface area contributed by atoms with Crippen molar-refractivity contribution in [3.63, 3.8) is 0 Å². The lowest BCUT2D eigenvalue weighted by Gasteiger charge is -2.15. The number of allylic oxidation sites excluding steroid dienone is 3. The normalized spacial score (nSPS) is 21.9. The van der Waals surface area contributed by atoms with Crippen molar-refractivity contribution in [2.45, 2.75) is 76.9 Å². The van der Waals surface area contributed by atoms with Crippen molar-refractivity contribution in [2.24, 2.45) is 11.8 Å². The molecule has 0 aromatic heterocycles. The third-order valence-corrected chi connectivity index (χ3v) is 5.28. The molecule has 1 rings (SSSR count). The third-order valence-electron chi connectivity index (χ3n) is 5.28. The van der Waals surface area contributed by atoms with Gasteiger partial charge in [-0.25, -0.2) is 0 Å². The fraction of sp³-hybridized carbons (Fsp3) is 0.696. The molecule has 30 heavy (non-hydrogen) atoms. The minimum atomic E-state index is -0.878. The first kappa shape index (κ1) is 26.2. The van der Waals surface area contributed by atoms with E-state index in [9.17, 15) is 19.5 Å².